The second kappa shape index (κ2) is 8.89. The zero-order valence-electron chi connectivity index (χ0n) is 14.3. The summed E-state index contributed by atoms with van der Waals surface area (Å²) in [6.45, 7) is 5.04. The Balaban J connectivity index is 2.27. The molecule has 0 bridgehead atoms. The van der Waals surface area contributed by atoms with Crippen LogP contribution < -0.4 is 5.32 Å². The highest BCUT2D eigenvalue weighted by atomic mass is 35.5. The van der Waals surface area contributed by atoms with E-state index in [1.807, 2.05) is 16.8 Å². The molecule has 132 valence electrons. The number of carbonyl (C=O) groups is 1. The van der Waals surface area contributed by atoms with Gasteiger partial charge in [-0.3, -0.25) is 9.48 Å². The van der Waals surface area contributed by atoms with Gasteiger partial charge in [-0.25, -0.2) is 0 Å². The third-order valence-corrected chi connectivity index (χ3v) is 4.37. The third-order valence-electron chi connectivity index (χ3n) is 3.93. The minimum absolute atomic E-state index is 0.368. The van der Waals surface area contributed by atoms with E-state index in [4.69, 9.17) is 28.5 Å². The van der Waals surface area contributed by atoms with E-state index in [9.17, 15) is 4.79 Å². The molecule has 0 radical (unpaired) electrons. The van der Waals surface area contributed by atoms with Crippen molar-refractivity contribution in [1.29, 1.82) is 5.26 Å². The Kier molecular flexibility index (Phi) is 6.86. The number of halogens is 2. The van der Waals surface area contributed by atoms with E-state index in [0.717, 1.165) is 29.8 Å². The Morgan fingerprint density at radius 1 is 1.24 bits per heavy atom. The number of benzene rings is 1. The van der Waals surface area contributed by atoms with E-state index in [2.05, 4.69) is 24.3 Å². The average Bonchev–Trinajstić information content (AvgIpc) is 2.90. The van der Waals surface area contributed by atoms with Gasteiger partial charge in [0.15, 0.2) is 6.07 Å². The van der Waals surface area contributed by atoms with Crippen LogP contribution in [-0.2, 0) is 30.6 Å². The molecule has 0 spiro atoms. The fourth-order valence-corrected chi connectivity index (χ4v) is 3.46. The molecule has 1 N–H and O–H groups in total. The molecule has 1 amide bonds. The number of nitrogens with one attached hydrogen (secondary N) is 1. The Morgan fingerprint density at radius 3 is 2.48 bits per heavy atom. The molecule has 0 atom stereocenters. The first-order valence-corrected chi connectivity index (χ1v) is 8.94. The van der Waals surface area contributed by atoms with Crippen molar-refractivity contribution < 1.29 is 4.79 Å². The average molecular weight is 379 g/mol. The fourth-order valence-electron chi connectivity index (χ4n) is 2.89. The van der Waals surface area contributed by atoms with Gasteiger partial charge in [0, 0.05) is 34.3 Å². The minimum Gasteiger partial charge on any atom is -0.342 e. The lowest BCUT2D eigenvalue weighted by Crippen LogP contribution is -2.26. The summed E-state index contributed by atoms with van der Waals surface area (Å²) >= 11 is 12.2. The second-order valence-corrected chi connectivity index (χ2v) is 6.50. The van der Waals surface area contributed by atoms with Gasteiger partial charge in [0.1, 0.15) is 0 Å². The van der Waals surface area contributed by atoms with Crippen LogP contribution in [0.3, 0.4) is 0 Å². The fraction of sp³-hybridized carbons (Fsp3) is 0.389. The quantitative estimate of drug-likeness (QED) is 0.748. The molecule has 1 heterocycles. The predicted molar refractivity (Wildman–Crippen MR) is 98.9 cm³/mol. The Bertz CT molecular complexity index is 788. The number of hydrogen-bond donors (Lipinski definition) is 1. The topological polar surface area (TPSA) is 70.7 Å². The van der Waals surface area contributed by atoms with Gasteiger partial charge in [-0.05, 0) is 36.6 Å². The van der Waals surface area contributed by atoms with Crippen LogP contribution in [0.1, 0.15) is 36.4 Å². The molecular weight excluding hydrogens is 359 g/mol. The molecule has 0 saturated carbocycles. The molecule has 25 heavy (non-hydrogen) atoms. The summed E-state index contributed by atoms with van der Waals surface area (Å²) < 4.78 is 1.91. The highest BCUT2D eigenvalue weighted by Gasteiger charge is 2.16. The Labute approximate surface area is 157 Å². The zero-order chi connectivity index (χ0) is 18.4. The highest BCUT2D eigenvalue weighted by Crippen LogP contribution is 2.25. The van der Waals surface area contributed by atoms with Gasteiger partial charge in [0.05, 0.1) is 12.2 Å². The summed E-state index contributed by atoms with van der Waals surface area (Å²) in [5.41, 5.74) is 4.37. The molecule has 1 aromatic heterocycles. The lowest BCUT2D eigenvalue weighted by atomic mass is 10.0. The molecule has 1 aromatic carbocycles. The highest BCUT2D eigenvalue weighted by molar-refractivity contribution is 6.34. The predicted octanol–water partition coefficient (Wildman–Crippen LogP) is 3.55. The first-order chi connectivity index (χ1) is 12.0. The molecule has 0 unspecified atom stereocenters. The molecule has 0 fully saturated rings. The summed E-state index contributed by atoms with van der Waals surface area (Å²) in [4.78, 5) is 11.1. The molecule has 7 heteroatoms. The van der Waals surface area contributed by atoms with Crippen molar-refractivity contribution >= 4 is 29.1 Å². The van der Waals surface area contributed by atoms with Crippen molar-refractivity contribution in [2.24, 2.45) is 0 Å². The number of nitrogens with zero attached hydrogens (tertiary/aromatic N) is 3. The van der Waals surface area contributed by atoms with E-state index < -0.39 is 5.91 Å². The van der Waals surface area contributed by atoms with Crippen molar-refractivity contribution in [3.8, 4) is 6.07 Å². The Morgan fingerprint density at radius 2 is 1.92 bits per heavy atom. The van der Waals surface area contributed by atoms with E-state index in [0.29, 0.717) is 29.6 Å². The van der Waals surface area contributed by atoms with Gasteiger partial charge in [0.25, 0.3) is 0 Å². The maximum atomic E-state index is 11.1. The summed E-state index contributed by atoms with van der Waals surface area (Å²) in [6.07, 6.45) is 2.34. The van der Waals surface area contributed by atoms with Crippen LogP contribution in [0.4, 0.5) is 0 Å². The maximum Gasteiger partial charge on any atom is 0.322 e. The van der Waals surface area contributed by atoms with E-state index in [-0.39, 0.29) is 0 Å². The third kappa shape index (κ3) is 4.97. The summed E-state index contributed by atoms with van der Waals surface area (Å²) in [6, 6.07) is 7.09. The van der Waals surface area contributed by atoms with Crippen LogP contribution in [0.2, 0.25) is 10.0 Å². The number of hydrogen-bond acceptors (Lipinski definition) is 3. The molecule has 2 rings (SSSR count). The summed E-state index contributed by atoms with van der Waals surface area (Å²) in [5, 5.41) is 17.0. The zero-order valence-corrected chi connectivity index (χ0v) is 15.8. The van der Waals surface area contributed by atoms with Crippen molar-refractivity contribution in [2.75, 3.05) is 6.54 Å². The molecule has 0 aliphatic carbocycles. The van der Waals surface area contributed by atoms with Crippen molar-refractivity contribution in [3.63, 3.8) is 0 Å². The normalized spacial score (nSPS) is 10.5. The van der Waals surface area contributed by atoms with Crippen LogP contribution in [0.25, 0.3) is 0 Å². The van der Waals surface area contributed by atoms with Gasteiger partial charge >= 0.3 is 5.91 Å². The maximum absolute atomic E-state index is 11.1. The van der Waals surface area contributed by atoms with Crippen molar-refractivity contribution in [1.82, 2.24) is 15.1 Å². The number of rotatable bonds is 7. The molecule has 5 nitrogen and oxygen atoms in total. The summed E-state index contributed by atoms with van der Waals surface area (Å²) in [5.74, 6) is -0.630. The lowest BCUT2D eigenvalue weighted by Gasteiger charge is -2.09. The van der Waals surface area contributed by atoms with E-state index in [1.54, 1.807) is 12.1 Å². The number of amides is 1. The number of aryl methyl sites for hydroxylation is 1. The van der Waals surface area contributed by atoms with Gasteiger partial charge in [0.2, 0.25) is 0 Å². The molecule has 0 aliphatic heterocycles. The lowest BCUT2D eigenvalue weighted by molar-refractivity contribution is -0.115. The number of aromatic nitrogens is 2. The molecule has 0 aliphatic rings. The van der Waals surface area contributed by atoms with E-state index in [1.165, 1.54) is 5.56 Å². The standard InChI is InChI=1S/C18H20Cl2N4O/c1-3-16-15(9-12-7-13(19)10-14(20)8-12)17(4-2)24(23-16)6-5-22-18(25)11-21/h7-8,10H,3-6,9H2,1-2H3,(H,22,25). The second-order valence-electron chi connectivity index (χ2n) is 5.62. The number of nitriles is 1. The van der Waals surface area contributed by atoms with Gasteiger partial charge in [-0.15, -0.1) is 0 Å². The Hall–Kier alpha value is -2.03. The minimum atomic E-state index is -0.630. The van der Waals surface area contributed by atoms with Gasteiger partial charge in [-0.2, -0.15) is 10.4 Å². The van der Waals surface area contributed by atoms with Crippen LogP contribution in [0, 0.1) is 11.3 Å². The van der Waals surface area contributed by atoms with Crippen LogP contribution >= 0.6 is 23.2 Å². The SMILES string of the molecule is CCc1nn(CCNC(=O)C#N)c(CC)c1Cc1cc(Cl)cc(Cl)c1. The largest absolute Gasteiger partial charge is 0.342 e. The van der Waals surface area contributed by atoms with Gasteiger partial charge < -0.3 is 5.32 Å². The first kappa shape index (κ1) is 19.3. The first-order valence-electron chi connectivity index (χ1n) is 8.18. The summed E-state index contributed by atoms with van der Waals surface area (Å²) in [7, 11) is 0. The van der Waals surface area contributed by atoms with Crippen molar-refractivity contribution in [3.05, 3.63) is 50.8 Å². The van der Waals surface area contributed by atoms with Crippen LogP contribution in [-0.4, -0.2) is 22.2 Å². The molecular formula is C18H20Cl2N4O. The molecule has 0 saturated heterocycles. The smallest absolute Gasteiger partial charge is 0.322 e. The monoisotopic (exact) mass is 378 g/mol. The van der Waals surface area contributed by atoms with E-state index >= 15 is 0 Å². The van der Waals surface area contributed by atoms with Gasteiger partial charge in [-0.1, -0.05) is 37.0 Å². The van der Waals surface area contributed by atoms with Crippen molar-refractivity contribution in [2.45, 2.75) is 39.7 Å². The molecule has 2 aromatic rings. The van der Waals surface area contributed by atoms with Crippen LogP contribution in [0.5, 0.6) is 0 Å². The van der Waals surface area contributed by atoms with Crippen LogP contribution in [0.15, 0.2) is 18.2 Å². The number of carbonyl (C=O) groups excluding carboxylic acids is 1.